The fraction of sp³-hybridized carbons (Fsp3) is 0.500. The third kappa shape index (κ3) is 5.15. The van der Waals surface area contributed by atoms with Gasteiger partial charge in [-0.25, -0.2) is 8.42 Å². The predicted octanol–water partition coefficient (Wildman–Crippen LogP) is 3.61. The zero-order valence-electron chi connectivity index (χ0n) is 20.2. The Labute approximate surface area is 198 Å². The molecular weight excluding hydrogens is 432 g/mol. The first kappa shape index (κ1) is 23.9. The molecule has 2 aliphatic heterocycles. The fourth-order valence-electron chi connectivity index (χ4n) is 4.73. The zero-order chi connectivity index (χ0) is 23.7. The van der Waals surface area contributed by atoms with Crippen molar-refractivity contribution in [3.63, 3.8) is 0 Å². The van der Waals surface area contributed by atoms with Crippen LogP contribution in [-0.4, -0.2) is 50.3 Å². The number of nitrogens with zero attached hydrogens (tertiary/aromatic N) is 2. The van der Waals surface area contributed by atoms with Crippen LogP contribution < -0.4 is 10.6 Å². The third-order valence-electron chi connectivity index (χ3n) is 6.77. The van der Waals surface area contributed by atoms with Crippen LogP contribution in [0.2, 0.25) is 0 Å². The van der Waals surface area contributed by atoms with Gasteiger partial charge in [0.05, 0.1) is 17.0 Å². The van der Waals surface area contributed by atoms with E-state index in [1.165, 1.54) is 11.1 Å². The lowest BCUT2D eigenvalue weighted by molar-refractivity contribution is 0.241. The second-order valence-corrected chi connectivity index (χ2v) is 12.2. The summed E-state index contributed by atoms with van der Waals surface area (Å²) in [6, 6.07) is 15.8. The Hall–Kier alpha value is -2.22. The number of sulfonamides is 1. The average Bonchev–Trinajstić information content (AvgIpc) is 2.78. The van der Waals surface area contributed by atoms with Gasteiger partial charge in [0.2, 0.25) is 10.0 Å². The van der Waals surface area contributed by atoms with E-state index in [0.29, 0.717) is 37.4 Å². The van der Waals surface area contributed by atoms with Crippen molar-refractivity contribution in [3.05, 3.63) is 65.2 Å². The second-order valence-electron chi connectivity index (χ2n) is 10.3. The number of nitrogens with one attached hydrogen (secondary N) is 2. The Kier molecular flexibility index (Phi) is 6.67. The second kappa shape index (κ2) is 9.20. The molecule has 0 aromatic heterocycles. The summed E-state index contributed by atoms with van der Waals surface area (Å²) in [7, 11) is -3.51. The highest BCUT2D eigenvalue weighted by Crippen LogP contribution is 2.30. The van der Waals surface area contributed by atoms with E-state index >= 15 is 0 Å². The number of hydrogen-bond donors (Lipinski definition) is 2. The average molecular weight is 469 g/mol. The summed E-state index contributed by atoms with van der Waals surface area (Å²) in [5.41, 5.74) is 3.29. The van der Waals surface area contributed by atoms with Gasteiger partial charge in [0.25, 0.3) is 0 Å². The van der Waals surface area contributed by atoms with Crippen LogP contribution in [-0.2, 0) is 22.0 Å². The molecule has 2 N–H and O–H groups in total. The highest BCUT2D eigenvalue weighted by molar-refractivity contribution is 7.89. The van der Waals surface area contributed by atoms with E-state index in [1.807, 2.05) is 12.1 Å². The summed E-state index contributed by atoms with van der Waals surface area (Å²) in [5.74, 6) is 0.960. The van der Waals surface area contributed by atoms with Crippen molar-refractivity contribution in [2.24, 2.45) is 4.99 Å². The fourth-order valence-corrected chi connectivity index (χ4v) is 6.17. The molecule has 2 aromatic rings. The van der Waals surface area contributed by atoms with Crippen molar-refractivity contribution < 1.29 is 8.42 Å². The summed E-state index contributed by atoms with van der Waals surface area (Å²) in [6.07, 6.45) is 1.40. The molecule has 178 valence electrons. The molecular formula is C26H36N4O2S. The highest BCUT2D eigenvalue weighted by Gasteiger charge is 2.43. The topological polar surface area (TPSA) is 73.8 Å². The number of piperidine rings is 1. The summed E-state index contributed by atoms with van der Waals surface area (Å²) in [4.78, 5) is 5.17. The molecule has 33 heavy (non-hydrogen) atoms. The molecule has 0 radical (unpaired) electrons. The van der Waals surface area contributed by atoms with Crippen LogP contribution in [0.15, 0.2) is 58.4 Å². The number of rotatable bonds is 4. The van der Waals surface area contributed by atoms with E-state index < -0.39 is 10.0 Å². The van der Waals surface area contributed by atoms with Crippen molar-refractivity contribution in [2.75, 3.05) is 26.2 Å². The Morgan fingerprint density at radius 1 is 1.09 bits per heavy atom. The van der Waals surface area contributed by atoms with Gasteiger partial charge in [-0.2, -0.15) is 4.31 Å². The van der Waals surface area contributed by atoms with Gasteiger partial charge in [0.15, 0.2) is 0 Å². The van der Waals surface area contributed by atoms with Gasteiger partial charge in [-0.05, 0) is 48.4 Å². The molecule has 1 saturated heterocycles. The van der Waals surface area contributed by atoms with Crippen LogP contribution in [0.3, 0.4) is 0 Å². The molecule has 2 aromatic carbocycles. The van der Waals surface area contributed by atoms with Crippen LogP contribution >= 0.6 is 0 Å². The summed E-state index contributed by atoms with van der Waals surface area (Å²) < 4.78 is 28.2. The minimum Gasteiger partial charge on any atom is -0.368 e. The molecule has 2 heterocycles. The van der Waals surface area contributed by atoms with Gasteiger partial charge >= 0.3 is 0 Å². The number of benzene rings is 2. The molecule has 1 spiro atoms. The lowest BCUT2D eigenvalue weighted by Crippen LogP contribution is -2.64. The van der Waals surface area contributed by atoms with E-state index in [9.17, 15) is 8.42 Å². The normalized spacial score (nSPS) is 19.3. The number of aliphatic imine (C=N–C) groups is 1. The number of amidine groups is 1. The first-order valence-electron chi connectivity index (χ1n) is 11.8. The molecule has 4 rings (SSSR count). The first-order valence-corrected chi connectivity index (χ1v) is 13.2. The van der Waals surface area contributed by atoms with Gasteiger partial charge in [0, 0.05) is 26.2 Å². The Morgan fingerprint density at radius 2 is 1.79 bits per heavy atom. The van der Waals surface area contributed by atoms with Crippen LogP contribution in [0.5, 0.6) is 0 Å². The lowest BCUT2D eigenvalue weighted by atomic mass is 9.85. The molecule has 0 amide bonds. The van der Waals surface area contributed by atoms with E-state index in [2.05, 4.69) is 62.6 Å². The maximum absolute atomic E-state index is 13.3. The Bertz CT molecular complexity index is 1110. The lowest BCUT2D eigenvalue weighted by Gasteiger charge is -2.44. The van der Waals surface area contributed by atoms with E-state index in [0.717, 1.165) is 24.5 Å². The molecule has 2 aliphatic rings. The summed E-state index contributed by atoms with van der Waals surface area (Å²) >= 11 is 0. The van der Waals surface area contributed by atoms with Crippen molar-refractivity contribution in [1.29, 1.82) is 0 Å². The van der Waals surface area contributed by atoms with Gasteiger partial charge in [0.1, 0.15) is 5.84 Å². The minimum atomic E-state index is -3.51. The number of hydrogen-bond acceptors (Lipinski definition) is 5. The summed E-state index contributed by atoms with van der Waals surface area (Å²) in [6.45, 7) is 11.7. The molecule has 0 saturated carbocycles. The zero-order valence-corrected chi connectivity index (χ0v) is 21.0. The highest BCUT2D eigenvalue weighted by atomic mass is 32.2. The molecule has 0 aliphatic carbocycles. The monoisotopic (exact) mass is 468 g/mol. The van der Waals surface area contributed by atoms with E-state index in [1.54, 1.807) is 16.4 Å². The van der Waals surface area contributed by atoms with E-state index in [-0.39, 0.29) is 11.0 Å². The van der Waals surface area contributed by atoms with Crippen LogP contribution in [0, 0.1) is 6.92 Å². The van der Waals surface area contributed by atoms with Crippen LogP contribution in [0.1, 0.15) is 50.3 Å². The van der Waals surface area contributed by atoms with Crippen molar-refractivity contribution in [1.82, 2.24) is 14.9 Å². The minimum absolute atomic E-state index is 0.00632. The van der Waals surface area contributed by atoms with Gasteiger partial charge < -0.3 is 10.6 Å². The quantitative estimate of drug-likeness (QED) is 0.719. The SMILES string of the molecule is Cc1cccc(CNC2=NCCNC23CCN(S(=O)(=O)c2ccc(C(C)(C)C)cc2)CC3)c1. The third-order valence-corrected chi connectivity index (χ3v) is 8.69. The predicted molar refractivity (Wildman–Crippen MR) is 134 cm³/mol. The largest absolute Gasteiger partial charge is 0.368 e. The Morgan fingerprint density at radius 3 is 2.42 bits per heavy atom. The van der Waals surface area contributed by atoms with Gasteiger partial charge in [-0.1, -0.05) is 62.7 Å². The Balaban J connectivity index is 1.44. The van der Waals surface area contributed by atoms with Crippen molar-refractivity contribution in [2.45, 2.75) is 62.9 Å². The van der Waals surface area contributed by atoms with Gasteiger partial charge in [-0.15, -0.1) is 0 Å². The van der Waals surface area contributed by atoms with Crippen LogP contribution in [0.25, 0.3) is 0 Å². The van der Waals surface area contributed by atoms with Crippen molar-refractivity contribution >= 4 is 15.9 Å². The number of aryl methyl sites for hydroxylation is 1. The summed E-state index contributed by atoms with van der Waals surface area (Å²) in [5, 5.41) is 7.20. The van der Waals surface area contributed by atoms with E-state index in [4.69, 9.17) is 4.99 Å². The maximum atomic E-state index is 13.3. The molecule has 0 unspecified atom stereocenters. The maximum Gasteiger partial charge on any atom is 0.243 e. The van der Waals surface area contributed by atoms with Gasteiger partial charge in [-0.3, -0.25) is 4.99 Å². The molecule has 0 atom stereocenters. The molecule has 0 bridgehead atoms. The smallest absolute Gasteiger partial charge is 0.243 e. The van der Waals surface area contributed by atoms with Crippen molar-refractivity contribution in [3.8, 4) is 0 Å². The molecule has 6 nitrogen and oxygen atoms in total. The van der Waals surface area contributed by atoms with Crippen LogP contribution in [0.4, 0.5) is 0 Å². The first-order chi connectivity index (χ1) is 15.6. The standard InChI is InChI=1S/C26H36N4O2S/c1-20-6-5-7-21(18-20)19-28-24-26(29-15-14-27-24)12-16-30(17-13-26)33(31,32)23-10-8-22(9-11-23)25(2,3)4/h5-11,18,29H,12-17,19H2,1-4H3,(H,27,28). The molecule has 7 heteroatoms. The molecule has 1 fully saturated rings.